The van der Waals surface area contributed by atoms with Crippen molar-refractivity contribution in [2.75, 3.05) is 18.7 Å². The van der Waals surface area contributed by atoms with Crippen LogP contribution in [0.2, 0.25) is 0 Å². The number of fused-ring (bicyclic) bond motifs is 1. The van der Waals surface area contributed by atoms with Crippen LogP contribution in [0, 0.1) is 0 Å². The Bertz CT molecular complexity index is 837. The summed E-state index contributed by atoms with van der Waals surface area (Å²) in [7, 11) is 1.57. The molecule has 2 aromatic rings. The van der Waals surface area contributed by atoms with Crippen molar-refractivity contribution in [1.29, 1.82) is 0 Å². The van der Waals surface area contributed by atoms with Gasteiger partial charge in [-0.2, -0.15) is 0 Å². The average Bonchev–Trinajstić information content (AvgIpc) is 2.53. The summed E-state index contributed by atoms with van der Waals surface area (Å²) in [5, 5.41) is 3.16. The first kappa shape index (κ1) is 16.1. The van der Waals surface area contributed by atoms with Gasteiger partial charge in [0.1, 0.15) is 11.6 Å². The van der Waals surface area contributed by atoms with Crippen molar-refractivity contribution < 1.29 is 9.53 Å². The van der Waals surface area contributed by atoms with Gasteiger partial charge in [0, 0.05) is 22.4 Å². The minimum absolute atomic E-state index is 0.170. The highest BCUT2D eigenvalue weighted by atomic mass is 79.9. The molecule has 6 nitrogen and oxygen atoms in total. The van der Waals surface area contributed by atoms with Crippen LogP contribution < -0.4 is 15.6 Å². The number of aromatic nitrogens is 2. The average molecular weight is 396 g/mol. The summed E-state index contributed by atoms with van der Waals surface area (Å²) in [4.78, 5) is 31.7. The number of rotatable bonds is 3. The fourth-order valence-corrected chi connectivity index (χ4v) is 3.45. The van der Waals surface area contributed by atoms with Crippen LogP contribution >= 0.6 is 27.7 Å². The molecule has 0 saturated carbocycles. The maximum absolute atomic E-state index is 12.5. The summed E-state index contributed by atoms with van der Waals surface area (Å²) in [5.74, 6) is 0.376. The highest BCUT2D eigenvalue weighted by molar-refractivity contribution is 9.10. The van der Waals surface area contributed by atoms with Gasteiger partial charge in [-0.05, 0) is 24.5 Å². The lowest BCUT2D eigenvalue weighted by atomic mass is 9.86. The van der Waals surface area contributed by atoms with Gasteiger partial charge in [-0.15, -0.1) is 0 Å². The Labute approximate surface area is 145 Å². The van der Waals surface area contributed by atoms with Crippen molar-refractivity contribution in [3.05, 3.63) is 44.2 Å². The van der Waals surface area contributed by atoms with E-state index in [1.807, 2.05) is 24.5 Å². The number of thioether (sulfide) groups is 1. The van der Waals surface area contributed by atoms with Crippen LogP contribution in [0.25, 0.3) is 0 Å². The Hall–Kier alpha value is -1.80. The van der Waals surface area contributed by atoms with Crippen molar-refractivity contribution in [3.63, 3.8) is 0 Å². The Morgan fingerprint density at radius 2 is 2.17 bits per heavy atom. The molecular formula is C15H14BrN3O3S. The number of carbonyl (C=O) groups excluding carboxylic acids is 1. The number of H-pyrrole nitrogens is 1. The highest BCUT2D eigenvalue weighted by Crippen LogP contribution is 2.39. The number of hydrogen-bond donors (Lipinski definition) is 2. The predicted molar refractivity (Wildman–Crippen MR) is 92.4 cm³/mol. The van der Waals surface area contributed by atoms with Gasteiger partial charge in [0.05, 0.1) is 12.7 Å². The molecule has 1 aliphatic heterocycles. The monoisotopic (exact) mass is 395 g/mol. The first-order valence-electron chi connectivity index (χ1n) is 6.85. The zero-order chi connectivity index (χ0) is 16.6. The maximum atomic E-state index is 12.5. The fourth-order valence-electron chi connectivity index (χ4n) is 2.69. The van der Waals surface area contributed by atoms with Crippen molar-refractivity contribution in [2.45, 2.75) is 17.5 Å². The number of benzene rings is 1. The van der Waals surface area contributed by atoms with E-state index in [1.54, 1.807) is 7.11 Å². The quantitative estimate of drug-likeness (QED) is 0.616. The molecule has 1 aliphatic rings. The molecule has 1 atom stereocenters. The number of halogens is 1. The third-order valence-corrected chi connectivity index (χ3v) is 4.76. The van der Waals surface area contributed by atoms with Gasteiger partial charge in [-0.3, -0.25) is 9.59 Å². The van der Waals surface area contributed by atoms with Crippen molar-refractivity contribution in [3.8, 4) is 5.75 Å². The molecule has 120 valence electrons. The number of amides is 1. The Balaban J connectivity index is 2.22. The van der Waals surface area contributed by atoms with Crippen molar-refractivity contribution >= 4 is 39.4 Å². The van der Waals surface area contributed by atoms with E-state index in [0.29, 0.717) is 22.3 Å². The van der Waals surface area contributed by atoms with E-state index >= 15 is 0 Å². The molecule has 0 aliphatic carbocycles. The SMILES string of the molecule is COc1ccc(Br)cc1C1CC(=O)Nc2nc(SC)[nH]c(=O)c21. The van der Waals surface area contributed by atoms with E-state index < -0.39 is 5.92 Å². The van der Waals surface area contributed by atoms with E-state index in [4.69, 9.17) is 4.74 Å². The molecule has 1 aromatic carbocycles. The molecule has 3 rings (SSSR count). The van der Waals surface area contributed by atoms with Crippen LogP contribution in [0.3, 0.4) is 0 Å². The van der Waals surface area contributed by atoms with Gasteiger partial charge in [0.2, 0.25) is 5.91 Å². The Morgan fingerprint density at radius 1 is 1.39 bits per heavy atom. The van der Waals surface area contributed by atoms with Gasteiger partial charge >= 0.3 is 0 Å². The smallest absolute Gasteiger partial charge is 0.257 e. The summed E-state index contributed by atoms with van der Waals surface area (Å²) < 4.78 is 6.25. The maximum Gasteiger partial charge on any atom is 0.257 e. The normalized spacial score (nSPS) is 16.7. The standard InChI is InChI=1S/C15H14BrN3O3S/c1-22-10-4-3-7(16)5-8(10)9-6-11(20)17-13-12(9)14(21)19-15(18-13)23-2/h3-5,9H,6H2,1-2H3,(H2,17,18,19,20,21). The summed E-state index contributed by atoms with van der Waals surface area (Å²) in [6, 6.07) is 5.53. The van der Waals surface area contributed by atoms with E-state index in [0.717, 1.165) is 10.0 Å². The molecule has 23 heavy (non-hydrogen) atoms. The topological polar surface area (TPSA) is 84.1 Å². The first-order valence-corrected chi connectivity index (χ1v) is 8.86. The number of ether oxygens (including phenoxy) is 1. The fraction of sp³-hybridized carbons (Fsp3) is 0.267. The lowest BCUT2D eigenvalue weighted by molar-refractivity contribution is -0.116. The predicted octanol–water partition coefficient (Wildman–Crippen LogP) is 2.74. The van der Waals surface area contributed by atoms with E-state index in [2.05, 4.69) is 31.2 Å². The molecule has 1 unspecified atom stereocenters. The number of anilines is 1. The number of aromatic amines is 1. The first-order chi connectivity index (χ1) is 11.0. The Kier molecular flexibility index (Phi) is 4.45. The molecule has 2 heterocycles. The molecule has 0 radical (unpaired) electrons. The van der Waals surface area contributed by atoms with Gasteiger partial charge in [-0.25, -0.2) is 4.98 Å². The molecule has 0 bridgehead atoms. The second-order valence-corrected chi connectivity index (χ2v) is 6.74. The molecule has 0 fully saturated rings. The van der Waals surface area contributed by atoms with Crippen molar-refractivity contribution in [1.82, 2.24) is 9.97 Å². The zero-order valence-corrected chi connectivity index (χ0v) is 14.9. The van der Waals surface area contributed by atoms with E-state index in [1.165, 1.54) is 11.8 Å². The molecule has 1 aromatic heterocycles. The van der Waals surface area contributed by atoms with Crippen LogP contribution in [0.4, 0.5) is 5.82 Å². The second-order valence-electron chi connectivity index (χ2n) is 5.03. The summed E-state index contributed by atoms with van der Waals surface area (Å²) in [5.41, 5.74) is 0.993. The zero-order valence-electron chi connectivity index (χ0n) is 12.5. The molecule has 1 amide bonds. The van der Waals surface area contributed by atoms with Gasteiger partial charge in [-0.1, -0.05) is 27.7 Å². The number of hydrogen-bond acceptors (Lipinski definition) is 5. The van der Waals surface area contributed by atoms with Crippen LogP contribution in [-0.4, -0.2) is 29.2 Å². The lowest BCUT2D eigenvalue weighted by Gasteiger charge is -2.25. The largest absolute Gasteiger partial charge is 0.496 e. The summed E-state index contributed by atoms with van der Waals surface area (Å²) >= 11 is 4.74. The number of nitrogens with one attached hydrogen (secondary N) is 2. The molecular weight excluding hydrogens is 382 g/mol. The highest BCUT2D eigenvalue weighted by Gasteiger charge is 2.32. The van der Waals surface area contributed by atoms with Crippen LogP contribution in [0.15, 0.2) is 32.6 Å². The summed E-state index contributed by atoms with van der Waals surface area (Å²) in [6.07, 6.45) is 1.98. The molecule has 0 saturated heterocycles. The molecule has 8 heteroatoms. The molecule has 0 spiro atoms. The number of carbonyl (C=O) groups is 1. The number of methoxy groups -OCH3 is 1. The third-order valence-electron chi connectivity index (χ3n) is 3.69. The lowest BCUT2D eigenvalue weighted by Crippen LogP contribution is -2.31. The third kappa shape index (κ3) is 3.00. The van der Waals surface area contributed by atoms with Gasteiger partial charge in [0.25, 0.3) is 5.56 Å². The van der Waals surface area contributed by atoms with Gasteiger partial charge in [0.15, 0.2) is 5.16 Å². The Morgan fingerprint density at radius 3 is 2.87 bits per heavy atom. The van der Waals surface area contributed by atoms with Crippen molar-refractivity contribution in [2.24, 2.45) is 0 Å². The van der Waals surface area contributed by atoms with Crippen LogP contribution in [-0.2, 0) is 4.79 Å². The molecule has 2 N–H and O–H groups in total. The number of nitrogens with zero attached hydrogens (tertiary/aromatic N) is 1. The second kappa shape index (κ2) is 6.37. The van der Waals surface area contributed by atoms with Gasteiger partial charge < -0.3 is 15.0 Å². The van der Waals surface area contributed by atoms with Crippen LogP contribution in [0.5, 0.6) is 5.75 Å². The minimum Gasteiger partial charge on any atom is -0.496 e. The van der Waals surface area contributed by atoms with E-state index in [-0.39, 0.29) is 17.9 Å². The van der Waals surface area contributed by atoms with Crippen LogP contribution in [0.1, 0.15) is 23.5 Å². The summed E-state index contributed by atoms with van der Waals surface area (Å²) in [6.45, 7) is 0. The van der Waals surface area contributed by atoms with E-state index in [9.17, 15) is 9.59 Å². The minimum atomic E-state index is -0.404.